The van der Waals surface area contributed by atoms with E-state index in [0.717, 1.165) is 12.0 Å². The summed E-state index contributed by atoms with van der Waals surface area (Å²) < 4.78 is 5.26. The summed E-state index contributed by atoms with van der Waals surface area (Å²) in [5.41, 5.74) is 1.05. The highest BCUT2D eigenvalue weighted by Crippen LogP contribution is 2.20. The first-order valence-corrected chi connectivity index (χ1v) is 8.27. The Hall–Kier alpha value is -2.04. The molecule has 0 aliphatic carbocycles. The molecule has 1 aliphatic heterocycles. The highest BCUT2D eigenvalue weighted by atomic mass is 16.6. The molecule has 1 N–H and O–H groups in total. The van der Waals surface area contributed by atoms with E-state index < -0.39 is 6.04 Å². The third kappa shape index (κ3) is 4.71. The van der Waals surface area contributed by atoms with Crippen LogP contribution in [0.15, 0.2) is 30.3 Å². The fraction of sp³-hybridized carbons (Fsp3) is 0.556. The Labute approximate surface area is 138 Å². The molecule has 1 aromatic carbocycles. The van der Waals surface area contributed by atoms with Crippen LogP contribution in [-0.4, -0.2) is 36.1 Å². The molecule has 2 amide bonds. The van der Waals surface area contributed by atoms with Crippen LogP contribution in [0.4, 0.5) is 4.79 Å². The summed E-state index contributed by atoms with van der Waals surface area (Å²) in [6.07, 6.45) is 1.13. The fourth-order valence-electron chi connectivity index (χ4n) is 2.71. The van der Waals surface area contributed by atoms with Crippen molar-refractivity contribution in [3.8, 4) is 0 Å². The Morgan fingerprint density at radius 2 is 1.96 bits per heavy atom. The van der Waals surface area contributed by atoms with Crippen LogP contribution in [0, 0.1) is 5.92 Å². The lowest BCUT2D eigenvalue weighted by atomic mass is 10.1. The van der Waals surface area contributed by atoms with Gasteiger partial charge in [-0.15, -0.1) is 0 Å². The molecular formula is C18H26N2O3. The molecule has 1 aromatic rings. The molecule has 5 nitrogen and oxygen atoms in total. The van der Waals surface area contributed by atoms with Gasteiger partial charge in [0.2, 0.25) is 5.91 Å². The predicted octanol–water partition coefficient (Wildman–Crippen LogP) is 3.12. The van der Waals surface area contributed by atoms with E-state index in [2.05, 4.69) is 5.32 Å². The predicted molar refractivity (Wildman–Crippen MR) is 88.9 cm³/mol. The van der Waals surface area contributed by atoms with Gasteiger partial charge in [0.05, 0.1) is 12.6 Å². The highest BCUT2D eigenvalue weighted by Gasteiger charge is 2.35. The Morgan fingerprint density at radius 1 is 1.26 bits per heavy atom. The SMILES string of the molecule is CC(C)COC(=O)N1CCC[C@@H]1C(=O)N[C@H](C)c1ccccc1. The number of ether oxygens (including phenoxy) is 1. The Bertz CT molecular complexity index is 530. The van der Waals surface area contributed by atoms with Crippen LogP contribution in [0.3, 0.4) is 0 Å². The highest BCUT2D eigenvalue weighted by molar-refractivity contribution is 5.86. The van der Waals surface area contributed by atoms with Gasteiger partial charge in [-0.25, -0.2) is 4.79 Å². The van der Waals surface area contributed by atoms with Gasteiger partial charge >= 0.3 is 6.09 Å². The van der Waals surface area contributed by atoms with Crippen molar-refractivity contribution in [2.45, 2.75) is 45.7 Å². The second-order valence-electron chi connectivity index (χ2n) is 6.46. The lowest BCUT2D eigenvalue weighted by Crippen LogP contribution is -2.46. The largest absolute Gasteiger partial charge is 0.449 e. The minimum absolute atomic E-state index is 0.0853. The summed E-state index contributed by atoms with van der Waals surface area (Å²) in [6, 6.07) is 9.29. The number of rotatable bonds is 5. The first kappa shape index (κ1) is 17.3. The van der Waals surface area contributed by atoms with Gasteiger partial charge < -0.3 is 10.1 Å². The van der Waals surface area contributed by atoms with Crippen molar-refractivity contribution in [3.63, 3.8) is 0 Å². The molecule has 0 unspecified atom stereocenters. The number of nitrogens with zero attached hydrogens (tertiary/aromatic N) is 1. The smallest absolute Gasteiger partial charge is 0.410 e. The molecule has 23 heavy (non-hydrogen) atoms. The van der Waals surface area contributed by atoms with E-state index in [0.29, 0.717) is 19.6 Å². The van der Waals surface area contributed by atoms with Crippen molar-refractivity contribution < 1.29 is 14.3 Å². The maximum atomic E-state index is 12.5. The quantitative estimate of drug-likeness (QED) is 0.907. The molecule has 1 fully saturated rings. The molecule has 0 aromatic heterocycles. The van der Waals surface area contributed by atoms with E-state index in [9.17, 15) is 9.59 Å². The Balaban J connectivity index is 1.93. The number of hydrogen-bond donors (Lipinski definition) is 1. The van der Waals surface area contributed by atoms with Gasteiger partial charge in [-0.2, -0.15) is 0 Å². The van der Waals surface area contributed by atoms with Crippen molar-refractivity contribution >= 4 is 12.0 Å². The number of likely N-dealkylation sites (tertiary alicyclic amines) is 1. The molecule has 126 valence electrons. The zero-order valence-electron chi connectivity index (χ0n) is 14.1. The minimum atomic E-state index is -0.430. The van der Waals surface area contributed by atoms with Crippen molar-refractivity contribution in [1.29, 1.82) is 0 Å². The summed E-state index contributed by atoms with van der Waals surface area (Å²) in [5, 5.41) is 3.00. The zero-order valence-corrected chi connectivity index (χ0v) is 14.1. The number of benzene rings is 1. The van der Waals surface area contributed by atoms with Gasteiger partial charge in [-0.3, -0.25) is 9.69 Å². The first-order valence-electron chi connectivity index (χ1n) is 8.27. The molecule has 0 saturated carbocycles. The normalized spacial score (nSPS) is 18.8. The van der Waals surface area contributed by atoms with Crippen molar-refractivity contribution in [1.82, 2.24) is 10.2 Å². The van der Waals surface area contributed by atoms with Crippen LogP contribution in [0.1, 0.15) is 45.2 Å². The summed E-state index contributed by atoms with van der Waals surface area (Å²) in [5.74, 6) is 0.173. The van der Waals surface area contributed by atoms with E-state index in [1.165, 1.54) is 0 Å². The van der Waals surface area contributed by atoms with Crippen molar-refractivity contribution in [2.75, 3.05) is 13.2 Å². The molecule has 5 heteroatoms. The monoisotopic (exact) mass is 318 g/mol. The maximum Gasteiger partial charge on any atom is 0.410 e. The van der Waals surface area contributed by atoms with E-state index in [-0.39, 0.29) is 24.0 Å². The molecule has 2 rings (SSSR count). The van der Waals surface area contributed by atoms with Gasteiger partial charge in [0.15, 0.2) is 0 Å². The van der Waals surface area contributed by atoms with Crippen LogP contribution < -0.4 is 5.32 Å². The third-order valence-electron chi connectivity index (χ3n) is 3.99. The topological polar surface area (TPSA) is 58.6 Å². The summed E-state index contributed by atoms with van der Waals surface area (Å²) in [4.78, 5) is 26.2. The Kier molecular flexibility index (Phi) is 6.02. The average Bonchev–Trinajstić information content (AvgIpc) is 3.03. The molecule has 0 spiro atoms. The first-order chi connectivity index (χ1) is 11.0. The molecule has 0 radical (unpaired) electrons. The number of carbonyl (C=O) groups is 2. The average molecular weight is 318 g/mol. The van der Waals surface area contributed by atoms with E-state index in [4.69, 9.17) is 4.74 Å². The zero-order chi connectivity index (χ0) is 16.8. The Morgan fingerprint density at radius 3 is 2.61 bits per heavy atom. The lowest BCUT2D eigenvalue weighted by Gasteiger charge is -2.25. The van der Waals surface area contributed by atoms with Crippen LogP contribution in [-0.2, 0) is 9.53 Å². The standard InChI is InChI=1S/C18H26N2O3/c1-13(2)12-23-18(22)20-11-7-10-16(20)17(21)19-14(3)15-8-5-4-6-9-15/h4-6,8-9,13-14,16H,7,10-12H2,1-3H3,(H,19,21)/t14-,16-/m1/s1. The van der Waals surface area contributed by atoms with E-state index in [1.54, 1.807) is 4.90 Å². The summed E-state index contributed by atoms with van der Waals surface area (Å²) >= 11 is 0. The van der Waals surface area contributed by atoms with Gasteiger partial charge in [-0.05, 0) is 31.2 Å². The third-order valence-corrected chi connectivity index (χ3v) is 3.99. The lowest BCUT2D eigenvalue weighted by molar-refractivity contribution is -0.125. The summed E-state index contributed by atoms with van der Waals surface area (Å²) in [6.45, 7) is 6.88. The van der Waals surface area contributed by atoms with Crippen LogP contribution in [0.25, 0.3) is 0 Å². The van der Waals surface area contributed by atoms with Gasteiger partial charge in [0.1, 0.15) is 6.04 Å². The van der Waals surface area contributed by atoms with Crippen LogP contribution >= 0.6 is 0 Å². The van der Waals surface area contributed by atoms with Crippen molar-refractivity contribution in [2.24, 2.45) is 5.92 Å². The minimum Gasteiger partial charge on any atom is -0.449 e. The molecule has 1 saturated heterocycles. The number of carbonyl (C=O) groups excluding carboxylic acids is 2. The van der Waals surface area contributed by atoms with E-state index in [1.807, 2.05) is 51.1 Å². The molecule has 1 aliphatic rings. The van der Waals surface area contributed by atoms with Crippen LogP contribution in [0.5, 0.6) is 0 Å². The number of hydrogen-bond acceptors (Lipinski definition) is 3. The molecular weight excluding hydrogens is 292 g/mol. The maximum absolute atomic E-state index is 12.5. The van der Waals surface area contributed by atoms with Gasteiger partial charge in [0.25, 0.3) is 0 Å². The second kappa shape index (κ2) is 7.99. The van der Waals surface area contributed by atoms with Gasteiger partial charge in [0, 0.05) is 6.54 Å². The van der Waals surface area contributed by atoms with Crippen molar-refractivity contribution in [3.05, 3.63) is 35.9 Å². The second-order valence-corrected chi connectivity index (χ2v) is 6.46. The number of nitrogens with one attached hydrogen (secondary N) is 1. The number of amides is 2. The van der Waals surface area contributed by atoms with Gasteiger partial charge in [-0.1, -0.05) is 44.2 Å². The molecule has 1 heterocycles. The molecule has 0 bridgehead atoms. The summed E-state index contributed by atoms with van der Waals surface area (Å²) in [7, 11) is 0. The van der Waals surface area contributed by atoms with Crippen LogP contribution in [0.2, 0.25) is 0 Å². The van der Waals surface area contributed by atoms with E-state index >= 15 is 0 Å². The fourth-order valence-corrected chi connectivity index (χ4v) is 2.71. The molecule has 2 atom stereocenters.